The zero-order chi connectivity index (χ0) is 31.3. The Kier molecular flexibility index (Phi) is 10.3. The Labute approximate surface area is 253 Å². The molecular weight excluding hydrogens is 609 g/mol. The van der Waals surface area contributed by atoms with Crippen LogP contribution in [0.15, 0.2) is 99.6 Å². The van der Waals surface area contributed by atoms with Crippen molar-refractivity contribution in [3.8, 4) is 0 Å². The number of sulfone groups is 1. The summed E-state index contributed by atoms with van der Waals surface area (Å²) in [5.74, 6) is -0.862. The second-order valence-corrected chi connectivity index (χ2v) is 16.1. The van der Waals surface area contributed by atoms with Crippen LogP contribution in [0.25, 0.3) is 0 Å². The van der Waals surface area contributed by atoms with Gasteiger partial charge in [-0.2, -0.15) is 4.72 Å². The highest BCUT2D eigenvalue weighted by Crippen LogP contribution is 2.67. The molecule has 0 bridgehead atoms. The molecule has 12 heteroatoms. The van der Waals surface area contributed by atoms with Crippen LogP contribution in [0.5, 0.6) is 0 Å². The average molecular weight is 646 g/mol. The number of carbonyl (C=O) groups is 1. The van der Waals surface area contributed by atoms with E-state index in [1.54, 1.807) is 31.2 Å². The van der Waals surface area contributed by atoms with Crippen LogP contribution in [0.3, 0.4) is 0 Å². The summed E-state index contributed by atoms with van der Waals surface area (Å²) >= 11 is 0. The fourth-order valence-electron chi connectivity index (χ4n) is 4.65. The second kappa shape index (κ2) is 13.4. The number of allylic oxidation sites excluding steroid dienone is 1. The lowest BCUT2D eigenvalue weighted by atomic mass is 9.92. The molecule has 0 radical (unpaired) electrons. The molecule has 4 rings (SSSR count). The first kappa shape index (κ1) is 33.0. The predicted octanol–water partition coefficient (Wildman–Crippen LogP) is 6.51. The van der Waals surface area contributed by atoms with E-state index in [0.717, 1.165) is 11.6 Å². The largest absolute Gasteiger partial charge is 0.360 e. The minimum absolute atomic E-state index is 0.0290. The van der Waals surface area contributed by atoms with E-state index in [2.05, 4.69) is 4.72 Å². The highest BCUT2D eigenvalue weighted by Gasteiger charge is 2.58. The maximum absolute atomic E-state index is 15.1. The van der Waals surface area contributed by atoms with E-state index in [1.165, 1.54) is 54.6 Å². The number of Topliss-reactive ketones (excluding diaryl/α,β-unsaturated/α-hetero) is 1. The number of fused-ring (bicyclic) bond motifs is 1. The van der Waals surface area contributed by atoms with Gasteiger partial charge in [0.15, 0.2) is 5.28 Å². The van der Waals surface area contributed by atoms with Gasteiger partial charge < -0.3 is 9.05 Å². The maximum Gasteiger partial charge on any atom is 0.360 e. The number of aryl methyl sites for hydroxylation is 1. The number of nitrogens with one attached hydrogen (secondary N) is 1. The first-order chi connectivity index (χ1) is 20.4. The van der Waals surface area contributed by atoms with Crippen molar-refractivity contribution in [3.05, 3.63) is 107 Å². The average Bonchev–Trinajstić information content (AvgIpc) is 2.99. The van der Waals surface area contributed by atoms with Crippen LogP contribution in [0.2, 0.25) is 0 Å². The summed E-state index contributed by atoms with van der Waals surface area (Å²) in [7, 11) is -13.7. The number of carbonyl (C=O) groups excluding carboxylic acids is 1. The van der Waals surface area contributed by atoms with E-state index in [4.69, 9.17) is 9.05 Å². The number of sulfonamides is 1. The highest BCUT2D eigenvalue weighted by molar-refractivity contribution is 7.96. The van der Waals surface area contributed by atoms with Crippen LogP contribution in [-0.2, 0) is 38.8 Å². The van der Waals surface area contributed by atoms with Crippen LogP contribution in [0.1, 0.15) is 61.0 Å². The summed E-state index contributed by atoms with van der Waals surface area (Å²) in [6.07, 6.45) is 3.22. The number of unbranched alkanes of at least 4 members (excludes halogenated alkanes) is 2. The number of hydrogen-bond acceptors (Lipinski definition) is 8. The van der Waals surface area contributed by atoms with Gasteiger partial charge in [-0.05, 0) is 50.1 Å². The monoisotopic (exact) mass is 645 g/mol. The summed E-state index contributed by atoms with van der Waals surface area (Å²) in [4.78, 5) is 12.8. The summed E-state index contributed by atoms with van der Waals surface area (Å²) in [6, 6.07) is 19.2. The molecule has 1 atom stereocenters. The lowest BCUT2D eigenvalue weighted by Gasteiger charge is -2.40. The van der Waals surface area contributed by atoms with Gasteiger partial charge in [0.25, 0.3) is 0 Å². The Morgan fingerprint density at radius 3 is 1.91 bits per heavy atom. The van der Waals surface area contributed by atoms with Crippen molar-refractivity contribution in [1.29, 1.82) is 0 Å². The number of hydrogen-bond donors (Lipinski definition) is 1. The second-order valence-electron chi connectivity index (χ2n) is 10.3. The molecule has 0 amide bonds. The summed E-state index contributed by atoms with van der Waals surface area (Å²) < 4.78 is 85.6. The van der Waals surface area contributed by atoms with Crippen LogP contribution < -0.4 is 4.72 Å². The van der Waals surface area contributed by atoms with Gasteiger partial charge in [-0.15, -0.1) is 0 Å². The van der Waals surface area contributed by atoms with Crippen LogP contribution in [0.4, 0.5) is 0 Å². The third-order valence-corrected chi connectivity index (χ3v) is 12.9. The molecule has 0 saturated carbocycles. The Hall–Kier alpha value is -2.92. The van der Waals surface area contributed by atoms with E-state index in [0.29, 0.717) is 25.7 Å². The van der Waals surface area contributed by atoms with E-state index >= 15 is 4.57 Å². The van der Waals surface area contributed by atoms with Crippen molar-refractivity contribution in [2.75, 3.05) is 13.2 Å². The standard InChI is InChI=1S/C31H36NO8PS2/c1-4-6-21-39-41(34,40-22-7-5-2)31(32-43(37,38)26-13-9-8-10-14-26)23-29(30(33)27-15-11-12-16-28(27)31)42(35,36)25-19-17-24(3)18-20-25/h8-20,23,32H,4-7,21-22H2,1-3H3. The summed E-state index contributed by atoms with van der Waals surface area (Å²) in [5.41, 5.74) is 0.639. The fourth-order valence-corrected chi connectivity index (χ4v) is 10.2. The van der Waals surface area contributed by atoms with Crippen molar-refractivity contribution >= 4 is 33.2 Å². The minimum Gasteiger partial charge on any atom is -0.307 e. The number of rotatable bonds is 14. The fraction of sp³-hybridized carbons (Fsp3) is 0.323. The zero-order valence-corrected chi connectivity index (χ0v) is 26.9. The molecular formula is C31H36NO8PS2. The molecule has 0 heterocycles. The third-order valence-electron chi connectivity index (χ3n) is 7.06. The Bertz CT molecular complexity index is 1740. The highest BCUT2D eigenvalue weighted by atomic mass is 32.2. The molecule has 230 valence electrons. The number of benzene rings is 3. The molecule has 1 aliphatic carbocycles. The van der Waals surface area contributed by atoms with Crippen LogP contribution >= 0.6 is 7.60 Å². The molecule has 9 nitrogen and oxygen atoms in total. The van der Waals surface area contributed by atoms with E-state index in [9.17, 15) is 21.6 Å². The first-order valence-corrected chi connectivity index (χ1v) is 18.6. The molecule has 0 fully saturated rings. The van der Waals surface area contributed by atoms with Gasteiger partial charge in [0.2, 0.25) is 25.6 Å². The summed E-state index contributed by atoms with van der Waals surface area (Å²) in [5, 5.41) is -2.40. The Balaban J connectivity index is 2.08. The van der Waals surface area contributed by atoms with Crippen molar-refractivity contribution in [1.82, 2.24) is 4.72 Å². The normalized spacial score (nSPS) is 17.4. The molecule has 1 N–H and O–H groups in total. The molecule has 0 spiro atoms. The molecule has 0 aromatic heterocycles. The van der Waals surface area contributed by atoms with E-state index in [-0.39, 0.29) is 34.1 Å². The van der Waals surface area contributed by atoms with Gasteiger partial charge in [-0.25, -0.2) is 16.8 Å². The van der Waals surface area contributed by atoms with Crippen molar-refractivity contribution in [3.63, 3.8) is 0 Å². The molecule has 0 aliphatic heterocycles. The predicted molar refractivity (Wildman–Crippen MR) is 165 cm³/mol. The Morgan fingerprint density at radius 2 is 1.33 bits per heavy atom. The lowest BCUT2D eigenvalue weighted by molar-refractivity contribution is 0.103. The molecule has 1 unspecified atom stereocenters. The summed E-state index contributed by atoms with van der Waals surface area (Å²) in [6.45, 7) is 5.48. The van der Waals surface area contributed by atoms with Crippen molar-refractivity contribution in [2.24, 2.45) is 0 Å². The molecule has 3 aromatic carbocycles. The van der Waals surface area contributed by atoms with Gasteiger partial charge in [0.1, 0.15) is 4.91 Å². The lowest BCUT2D eigenvalue weighted by Crippen LogP contribution is -2.48. The first-order valence-electron chi connectivity index (χ1n) is 14.1. The van der Waals surface area contributed by atoms with Gasteiger partial charge in [-0.1, -0.05) is 86.8 Å². The minimum atomic E-state index is -4.65. The van der Waals surface area contributed by atoms with Crippen LogP contribution in [0, 0.1) is 6.92 Å². The zero-order valence-electron chi connectivity index (χ0n) is 24.4. The van der Waals surface area contributed by atoms with E-state index in [1.807, 2.05) is 13.8 Å². The maximum atomic E-state index is 15.1. The molecule has 43 heavy (non-hydrogen) atoms. The van der Waals surface area contributed by atoms with Gasteiger partial charge in [-0.3, -0.25) is 9.36 Å². The van der Waals surface area contributed by atoms with Crippen molar-refractivity contribution in [2.45, 2.75) is 61.5 Å². The van der Waals surface area contributed by atoms with Crippen molar-refractivity contribution < 1.29 is 35.2 Å². The van der Waals surface area contributed by atoms with Crippen LogP contribution in [-0.4, -0.2) is 35.8 Å². The Morgan fingerprint density at radius 1 is 0.767 bits per heavy atom. The topological polar surface area (TPSA) is 133 Å². The molecule has 0 saturated heterocycles. The molecule has 3 aromatic rings. The molecule has 1 aliphatic rings. The van der Waals surface area contributed by atoms with Gasteiger partial charge in [0.05, 0.1) is 23.0 Å². The SMILES string of the molecule is CCCCOP(=O)(OCCCC)C1(NS(=O)(=O)c2ccccc2)C=C(S(=O)(=O)c2ccc(C)cc2)C(=O)c2ccccc21. The number of ketones is 1. The van der Waals surface area contributed by atoms with Gasteiger partial charge >= 0.3 is 7.60 Å². The third kappa shape index (κ3) is 6.62. The smallest absolute Gasteiger partial charge is 0.307 e. The quantitative estimate of drug-likeness (QED) is 0.155. The van der Waals surface area contributed by atoms with E-state index < -0.39 is 43.4 Å². The van der Waals surface area contributed by atoms with Gasteiger partial charge in [0, 0.05) is 11.1 Å².